The zero-order valence-corrected chi connectivity index (χ0v) is 21.0. The average molecular weight is 517 g/mol. The molecule has 8 bridgehead atoms. The molecule has 1 atom stereocenters. The van der Waals surface area contributed by atoms with E-state index in [-0.39, 0.29) is 4.91 Å². The molecule has 4 aliphatic heterocycles. The predicted molar refractivity (Wildman–Crippen MR) is 141 cm³/mol. The molecule has 2 N–H and O–H groups in total. The highest BCUT2D eigenvalue weighted by atomic mass is 35.5. The van der Waals surface area contributed by atoms with Crippen molar-refractivity contribution in [1.82, 2.24) is 20.3 Å². The molecule has 2 aromatic heterocycles. The lowest BCUT2D eigenvalue weighted by Crippen LogP contribution is -2.39. The van der Waals surface area contributed by atoms with Gasteiger partial charge in [-0.05, 0) is 67.7 Å². The summed E-state index contributed by atoms with van der Waals surface area (Å²) in [4.78, 5) is 21.6. The number of hydrogen-bond acceptors (Lipinski definition) is 7. The van der Waals surface area contributed by atoms with Crippen LogP contribution in [0, 0.1) is 6.92 Å². The minimum atomic E-state index is -3.65. The molecular weight excluding hydrogens is 496 g/mol. The van der Waals surface area contributed by atoms with Gasteiger partial charge in [-0.2, -0.15) is 0 Å². The quantitative estimate of drug-likeness (QED) is 0.595. The van der Waals surface area contributed by atoms with Crippen LogP contribution in [-0.2, 0) is 15.4 Å². The highest BCUT2D eigenvalue weighted by Gasteiger charge is 2.39. The summed E-state index contributed by atoms with van der Waals surface area (Å²) in [6.07, 6.45) is 16.6. The third-order valence-electron chi connectivity index (χ3n) is 6.17. The third-order valence-corrected chi connectivity index (χ3v) is 7.54. The van der Waals surface area contributed by atoms with Crippen LogP contribution in [0.15, 0.2) is 86.6 Å². The second-order valence-corrected chi connectivity index (χ2v) is 11.3. The molecule has 4 aliphatic rings. The number of allylic oxidation sites excluding steroid dienone is 5. The van der Waals surface area contributed by atoms with Crippen molar-refractivity contribution >= 4 is 45.0 Å². The molecule has 0 saturated heterocycles. The van der Waals surface area contributed by atoms with Crippen molar-refractivity contribution in [2.75, 3.05) is 6.26 Å². The van der Waals surface area contributed by atoms with Crippen molar-refractivity contribution in [3.63, 3.8) is 0 Å². The van der Waals surface area contributed by atoms with E-state index >= 15 is 0 Å². The highest BCUT2D eigenvalue weighted by Crippen LogP contribution is 2.38. The van der Waals surface area contributed by atoms with Crippen LogP contribution in [-0.4, -0.2) is 41.0 Å². The molecule has 8 nitrogen and oxygen atoms in total. The summed E-state index contributed by atoms with van der Waals surface area (Å²) < 4.78 is 26.0. The molecule has 0 saturated carbocycles. The van der Waals surface area contributed by atoms with Crippen LogP contribution in [0.25, 0.3) is 12.2 Å². The predicted octanol–water partition coefficient (Wildman–Crippen LogP) is 2.28. The molecule has 1 unspecified atom stereocenters. The van der Waals surface area contributed by atoms with E-state index in [9.17, 15) is 8.42 Å². The molecule has 0 fully saturated rings. The van der Waals surface area contributed by atoms with Crippen molar-refractivity contribution in [2.45, 2.75) is 18.9 Å². The molecule has 36 heavy (non-hydrogen) atoms. The van der Waals surface area contributed by atoms with Gasteiger partial charge in [0.15, 0.2) is 9.84 Å². The molecule has 6 heterocycles. The number of aromatic amines is 1. The number of sulfone groups is 1. The lowest BCUT2D eigenvalue weighted by molar-refractivity contribution is 0.516. The number of aryl methyl sites for hydroxylation is 1. The maximum Gasteiger partial charge on any atom is 0.179 e. The number of H-pyrrole nitrogens is 1. The van der Waals surface area contributed by atoms with Crippen LogP contribution in [0.2, 0.25) is 5.15 Å². The Kier molecular flexibility index (Phi) is 5.10. The number of aliphatic imine (C=N–C) groups is 2. The van der Waals surface area contributed by atoms with E-state index in [0.717, 1.165) is 22.1 Å². The van der Waals surface area contributed by atoms with Gasteiger partial charge in [-0.15, -0.1) is 0 Å². The smallest absolute Gasteiger partial charge is 0.179 e. The fourth-order valence-electron chi connectivity index (χ4n) is 4.69. The van der Waals surface area contributed by atoms with Gasteiger partial charge in [-0.25, -0.2) is 28.4 Å². The van der Waals surface area contributed by atoms with Gasteiger partial charge >= 0.3 is 0 Å². The van der Waals surface area contributed by atoms with Crippen molar-refractivity contribution in [3.05, 3.63) is 104 Å². The molecule has 0 radical (unpaired) electrons. The van der Waals surface area contributed by atoms with Gasteiger partial charge in [0.1, 0.15) is 21.4 Å². The van der Waals surface area contributed by atoms with Gasteiger partial charge in [0.25, 0.3) is 0 Å². The topological polar surface area (TPSA) is 112 Å². The van der Waals surface area contributed by atoms with Gasteiger partial charge in [0.2, 0.25) is 0 Å². The van der Waals surface area contributed by atoms with E-state index in [1.807, 2.05) is 48.6 Å². The maximum absolute atomic E-state index is 13.0. The number of aromatic nitrogens is 3. The van der Waals surface area contributed by atoms with Crippen LogP contribution in [0.1, 0.15) is 17.9 Å². The Balaban J connectivity index is 1.63. The summed E-state index contributed by atoms with van der Waals surface area (Å²) in [6, 6.07) is 5.63. The lowest BCUT2D eigenvalue weighted by atomic mass is 9.92. The standard InChI is InChI=1S/C26H21ClN6O2S/c1-15-28-23(13-24(27)29-15)26-10-9-22(33-26)25(36(2,34)35)21-8-7-19(32-21)12-17-4-3-16(30-17)11-18-5-6-20(14-26)31-18/h3-9,11-14,31,33H,10H2,1-2H3. The van der Waals surface area contributed by atoms with E-state index in [1.54, 1.807) is 25.1 Å². The Bertz CT molecular complexity index is 1770. The Labute approximate surface area is 212 Å². The first-order valence-corrected chi connectivity index (χ1v) is 13.5. The van der Waals surface area contributed by atoms with Crippen LogP contribution in [0.3, 0.4) is 0 Å². The van der Waals surface area contributed by atoms with Crippen LogP contribution >= 0.6 is 11.6 Å². The summed E-state index contributed by atoms with van der Waals surface area (Å²) in [5, 5.41) is 5.48. The molecule has 0 aliphatic carbocycles. The molecular formula is C26H21ClN6O2S. The summed E-state index contributed by atoms with van der Waals surface area (Å²) in [5.41, 5.74) is 2.76. The molecule has 6 rings (SSSR count). The van der Waals surface area contributed by atoms with Crippen LogP contribution in [0.4, 0.5) is 0 Å². The Hall–Kier alpha value is -3.82. The number of hydrogen-bond donors (Lipinski definition) is 2. The summed E-state index contributed by atoms with van der Waals surface area (Å²) >= 11 is 6.31. The van der Waals surface area contributed by atoms with Gasteiger partial charge in [0.05, 0.1) is 34.2 Å². The molecule has 0 spiro atoms. The van der Waals surface area contributed by atoms with Crippen LogP contribution in [0.5, 0.6) is 0 Å². The maximum atomic E-state index is 13.0. The second kappa shape index (κ2) is 8.11. The Morgan fingerprint density at radius 2 is 1.78 bits per heavy atom. The number of nitrogens with one attached hydrogen (secondary N) is 2. The van der Waals surface area contributed by atoms with E-state index < -0.39 is 15.4 Å². The van der Waals surface area contributed by atoms with Crippen molar-refractivity contribution in [1.29, 1.82) is 0 Å². The first kappa shape index (κ1) is 22.6. The van der Waals surface area contributed by atoms with E-state index in [2.05, 4.69) is 30.3 Å². The minimum Gasteiger partial charge on any atom is -0.370 e. The van der Waals surface area contributed by atoms with E-state index in [0.29, 0.717) is 40.2 Å². The Morgan fingerprint density at radius 3 is 2.58 bits per heavy atom. The number of fused-ring (bicyclic) bond motifs is 6. The monoisotopic (exact) mass is 516 g/mol. The molecule has 10 heteroatoms. The van der Waals surface area contributed by atoms with Crippen molar-refractivity contribution in [2.24, 2.45) is 9.98 Å². The SMILES string of the molecule is Cc1nc(Cl)cc(C23C=c4ccc([nH]4)=CC4=NC(=CC5=NC(=C(S(C)(=O)=O)C(=CC2)N3)C=C5)C=C4)n1. The van der Waals surface area contributed by atoms with Gasteiger partial charge in [-0.1, -0.05) is 17.7 Å². The second-order valence-electron chi connectivity index (χ2n) is 8.99. The number of rotatable bonds is 2. The third kappa shape index (κ3) is 4.10. The van der Waals surface area contributed by atoms with Crippen molar-refractivity contribution < 1.29 is 8.42 Å². The summed E-state index contributed by atoms with van der Waals surface area (Å²) in [5.74, 6) is 0.520. The average Bonchev–Trinajstić information content (AvgIpc) is 3.57. The zero-order chi connectivity index (χ0) is 25.1. The number of nitrogens with zero attached hydrogens (tertiary/aromatic N) is 4. The van der Waals surface area contributed by atoms with Crippen LogP contribution < -0.4 is 16.0 Å². The molecule has 2 aromatic rings. The zero-order valence-electron chi connectivity index (χ0n) is 19.4. The van der Waals surface area contributed by atoms with Gasteiger partial charge in [0, 0.05) is 23.4 Å². The Morgan fingerprint density at radius 1 is 1.00 bits per heavy atom. The van der Waals surface area contributed by atoms with E-state index in [4.69, 9.17) is 11.6 Å². The molecule has 180 valence electrons. The molecule has 0 aromatic carbocycles. The summed E-state index contributed by atoms with van der Waals surface area (Å²) in [7, 11) is -3.65. The van der Waals surface area contributed by atoms with Gasteiger partial charge in [-0.3, -0.25) is 0 Å². The normalized spacial score (nSPS) is 22.4. The fraction of sp³-hybridized carbons (Fsp3) is 0.154. The van der Waals surface area contributed by atoms with E-state index in [1.165, 1.54) is 6.26 Å². The first-order chi connectivity index (χ1) is 17.2. The molecule has 0 amide bonds. The summed E-state index contributed by atoms with van der Waals surface area (Å²) in [6.45, 7) is 1.77. The minimum absolute atomic E-state index is 0.123. The fourth-order valence-corrected chi connectivity index (χ4v) is 5.95. The van der Waals surface area contributed by atoms with Crippen molar-refractivity contribution in [3.8, 4) is 0 Å². The first-order valence-electron chi connectivity index (χ1n) is 11.3. The lowest BCUT2D eigenvalue weighted by Gasteiger charge is -2.28. The number of halogens is 1. The highest BCUT2D eigenvalue weighted by molar-refractivity contribution is 7.94. The van der Waals surface area contributed by atoms with Gasteiger partial charge < -0.3 is 10.3 Å². The largest absolute Gasteiger partial charge is 0.370 e.